The summed E-state index contributed by atoms with van der Waals surface area (Å²) in [5, 5.41) is 10.3. The number of anilines is 1. The second-order valence-electron chi connectivity index (χ2n) is 11.7. The molecule has 1 saturated heterocycles. The van der Waals surface area contributed by atoms with Crippen molar-refractivity contribution in [2.75, 3.05) is 39.1 Å². The summed E-state index contributed by atoms with van der Waals surface area (Å²) in [6, 6.07) is 5.89. The maximum absolute atomic E-state index is 13.5. The van der Waals surface area contributed by atoms with Crippen molar-refractivity contribution in [3.05, 3.63) is 35.9 Å². The first-order valence-electron chi connectivity index (χ1n) is 14.8. The minimum absolute atomic E-state index is 0.257. The van der Waals surface area contributed by atoms with E-state index in [2.05, 4.69) is 27.8 Å². The van der Waals surface area contributed by atoms with Crippen molar-refractivity contribution in [2.24, 2.45) is 5.73 Å². The van der Waals surface area contributed by atoms with Gasteiger partial charge in [0.05, 0.1) is 18.3 Å². The lowest BCUT2D eigenvalue weighted by atomic mass is 10.0. The van der Waals surface area contributed by atoms with Crippen molar-refractivity contribution >= 4 is 32.7 Å². The molecule has 1 aromatic heterocycles. The molecule has 1 aromatic carbocycles. The molecule has 2 aromatic rings. The zero-order chi connectivity index (χ0) is 28.9. The molecule has 41 heavy (non-hydrogen) atoms. The number of carbonyl (C=O) groups excluding carboxylic acids is 1. The summed E-state index contributed by atoms with van der Waals surface area (Å²) >= 11 is 0. The van der Waals surface area contributed by atoms with E-state index < -0.39 is 16.1 Å². The van der Waals surface area contributed by atoms with Gasteiger partial charge in [0, 0.05) is 56.4 Å². The second-order valence-corrected chi connectivity index (χ2v) is 13.5. The average Bonchev–Trinajstić information content (AvgIpc) is 3.62. The number of amides is 1. The Kier molecular flexibility index (Phi) is 7.23. The number of methoxy groups -OCH3 is 1. The zero-order valence-electron chi connectivity index (χ0n) is 24.1. The molecule has 224 valence electrons. The van der Waals surface area contributed by atoms with Gasteiger partial charge in [0.1, 0.15) is 17.3 Å². The van der Waals surface area contributed by atoms with Crippen LogP contribution in [-0.2, 0) is 15.0 Å². The number of ether oxygens (including phenoxy) is 1. The molecule has 0 radical (unpaired) electrons. The fourth-order valence-corrected chi connectivity index (χ4v) is 8.52. The number of hydrogen-bond acceptors (Lipinski definition) is 9. The van der Waals surface area contributed by atoms with Gasteiger partial charge in [-0.2, -0.15) is 12.7 Å². The Bertz CT molecular complexity index is 1460. The molecule has 6 rings (SSSR count). The number of piperidine rings is 1. The molecule has 3 aliphatic heterocycles. The summed E-state index contributed by atoms with van der Waals surface area (Å²) in [5.74, 6) is -0.610. The van der Waals surface area contributed by atoms with E-state index in [9.17, 15) is 13.2 Å². The van der Waals surface area contributed by atoms with Crippen LogP contribution in [0, 0.1) is 0 Å². The van der Waals surface area contributed by atoms with E-state index in [0.29, 0.717) is 47.2 Å². The lowest BCUT2D eigenvalue weighted by Gasteiger charge is -2.52. The topological polar surface area (TPSA) is 137 Å². The lowest BCUT2D eigenvalue weighted by molar-refractivity contribution is -0.123. The number of aromatic nitrogens is 1. The quantitative estimate of drug-likeness (QED) is 0.359. The standard InChI is InChI=1S/C28H42N8O4S/c1-4-20-18-33(2)25-26(36(20)21-10-6-7-11-21)31-28(29,32-27(25)37)30-22-16-19-12-15-35(23(19)17-24(22)40-3)41(38,39)34-13-8-5-9-14-34/h12,15-17,20-21,30-31H,4-11,13-14,18,29H2,1-3H3,(H,32,37)/t20?,28-/m1/s1. The van der Waals surface area contributed by atoms with Gasteiger partial charge >= 0.3 is 10.2 Å². The summed E-state index contributed by atoms with van der Waals surface area (Å²) in [4.78, 5) is 17.9. The first kappa shape index (κ1) is 28.0. The van der Waals surface area contributed by atoms with Gasteiger partial charge in [-0.1, -0.05) is 26.2 Å². The molecule has 1 unspecified atom stereocenters. The van der Waals surface area contributed by atoms with Crippen molar-refractivity contribution in [3.8, 4) is 5.75 Å². The maximum Gasteiger partial charge on any atom is 0.307 e. The van der Waals surface area contributed by atoms with E-state index in [-0.39, 0.29) is 11.9 Å². The molecule has 5 N–H and O–H groups in total. The van der Waals surface area contributed by atoms with Gasteiger partial charge in [-0.3, -0.25) is 15.8 Å². The number of hydrogen-bond donors (Lipinski definition) is 4. The SMILES string of the molecule is CCC1CN(C)C2=C(N[C@@](N)(Nc3cc4ccn(S(=O)(=O)N5CCCCC5)c4cc3OC)NC2=O)N1C1CCCC1. The number of carbonyl (C=O) groups is 1. The van der Waals surface area contributed by atoms with E-state index >= 15 is 0 Å². The van der Waals surface area contributed by atoms with Crippen LogP contribution in [0.2, 0.25) is 0 Å². The van der Waals surface area contributed by atoms with Crippen molar-refractivity contribution in [1.82, 2.24) is 28.7 Å². The molecule has 1 aliphatic carbocycles. The van der Waals surface area contributed by atoms with Gasteiger partial charge in [-0.05, 0) is 44.2 Å². The summed E-state index contributed by atoms with van der Waals surface area (Å²) in [5.41, 5.74) is 8.45. The molecule has 13 heteroatoms. The highest BCUT2D eigenvalue weighted by molar-refractivity contribution is 7.87. The average molecular weight is 587 g/mol. The van der Waals surface area contributed by atoms with Gasteiger partial charge in [0.15, 0.2) is 0 Å². The molecule has 12 nitrogen and oxygen atoms in total. The monoisotopic (exact) mass is 586 g/mol. The highest BCUT2D eigenvalue weighted by atomic mass is 32.2. The number of nitrogens with zero attached hydrogens (tertiary/aromatic N) is 4. The van der Waals surface area contributed by atoms with Crippen molar-refractivity contribution in [1.29, 1.82) is 0 Å². The van der Waals surface area contributed by atoms with Crippen molar-refractivity contribution in [3.63, 3.8) is 0 Å². The van der Waals surface area contributed by atoms with Crippen LogP contribution in [0.15, 0.2) is 35.9 Å². The van der Waals surface area contributed by atoms with Crippen LogP contribution in [0.5, 0.6) is 5.75 Å². The Labute approximate surface area is 242 Å². The number of benzene rings is 1. The van der Waals surface area contributed by atoms with E-state index in [1.807, 2.05) is 11.9 Å². The second kappa shape index (κ2) is 10.6. The summed E-state index contributed by atoms with van der Waals surface area (Å²) in [6.07, 6.45) is 9.83. The summed E-state index contributed by atoms with van der Waals surface area (Å²) in [7, 11) is -0.234. The number of nitrogens with one attached hydrogen (secondary N) is 3. The molecular weight excluding hydrogens is 544 g/mol. The van der Waals surface area contributed by atoms with Crippen molar-refractivity contribution < 1.29 is 17.9 Å². The zero-order valence-corrected chi connectivity index (χ0v) is 25.0. The lowest BCUT2D eigenvalue weighted by Crippen LogP contribution is -2.76. The molecule has 0 bridgehead atoms. The fourth-order valence-electron chi connectivity index (χ4n) is 6.93. The van der Waals surface area contributed by atoms with Crippen LogP contribution in [-0.4, -0.2) is 84.2 Å². The van der Waals surface area contributed by atoms with Gasteiger partial charge in [-0.15, -0.1) is 0 Å². The van der Waals surface area contributed by atoms with Crippen LogP contribution < -0.4 is 26.4 Å². The number of rotatable bonds is 7. The predicted octanol–water partition coefficient (Wildman–Crippen LogP) is 2.07. The largest absolute Gasteiger partial charge is 0.495 e. The number of fused-ring (bicyclic) bond motifs is 1. The highest BCUT2D eigenvalue weighted by Crippen LogP contribution is 2.37. The van der Waals surface area contributed by atoms with E-state index in [1.54, 1.807) is 24.4 Å². The molecule has 2 fully saturated rings. The van der Waals surface area contributed by atoms with Crippen LogP contribution in [0.3, 0.4) is 0 Å². The first-order chi connectivity index (χ1) is 19.6. The fraction of sp³-hybridized carbons (Fsp3) is 0.607. The molecular formula is C28H42N8O4S. The van der Waals surface area contributed by atoms with E-state index in [4.69, 9.17) is 10.5 Å². The van der Waals surface area contributed by atoms with Crippen LogP contribution >= 0.6 is 0 Å². The smallest absolute Gasteiger partial charge is 0.307 e. The Balaban J connectivity index is 1.33. The Morgan fingerprint density at radius 3 is 2.54 bits per heavy atom. The molecule has 1 amide bonds. The summed E-state index contributed by atoms with van der Waals surface area (Å²) < 4.78 is 35.4. The van der Waals surface area contributed by atoms with Crippen LogP contribution in [0.25, 0.3) is 10.9 Å². The highest BCUT2D eigenvalue weighted by Gasteiger charge is 2.46. The van der Waals surface area contributed by atoms with E-state index in [0.717, 1.165) is 50.9 Å². The van der Waals surface area contributed by atoms with Gasteiger partial charge in [-0.25, -0.2) is 3.97 Å². The molecule has 4 aliphatic rings. The predicted molar refractivity (Wildman–Crippen MR) is 158 cm³/mol. The maximum atomic E-state index is 13.5. The van der Waals surface area contributed by atoms with Gasteiger partial charge < -0.3 is 25.2 Å². The molecule has 2 atom stereocenters. The summed E-state index contributed by atoms with van der Waals surface area (Å²) in [6.45, 7) is 3.99. The normalized spacial score (nSPS) is 26.2. The van der Waals surface area contributed by atoms with Gasteiger partial charge in [0.25, 0.3) is 5.91 Å². The molecule has 4 heterocycles. The third-order valence-corrected chi connectivity index (χ3v) is 10.8. The van der Waals surface area contributed by atoms with Crippen LogP contribution in [0.1, 0.15) is 58.3 Å². The first-order valence-corrected chi connectivity index (χ1v) is 16.2. The van der Waals surface area contributed by atoms with Crippen molar-refractivity contribution in [2.45, 2.75) is 76.3 Å². The Morgan fingerprint density at radius 1 is 1.12 bits per heavy atom. The number of nitrogens with two attached hydrogens (primary N) is 1. The van der Waals surface area contributed by atoms with Gasteiger partial charge in [0.2, 0.25) is 5.91 Å². The third kappa shape index (κ3) is 4.87. The number of likely N-dealkylation sites (N-methyl/N-ethyl adjacent to an activating group) is 1. The molecule has 1 saturated carbocycles. The third-order valence-electron chi connectivity index (χ3n) is 8.97. The Morgan fingerprint density at radius 2 is 1.85 bits per heavy atom. The Hall–Kier alpha value is -3.16. The minimum Gasteiger partial charge on any atom is -0.495 e. The minimum atomic E-state index is -3.71. The van der Waals surface area contributed by atoms with Crippen LogP contribution in [0.4, 0.5) is 5.69 Å². The van der Waals surface area contributed by atoms with E-state index in [1.165, 1.54) is 28.2 Å². The molecule has 0 spiro atoms.